The van der Waals surface area contributed by atoms with Crippen LogP contribution in [0.4, 0.5) is 0 Å². The summed E-state index contributed by atoms with van der Waals surface area (Å²) in [4.78, 5) is 15.5. The van der Waals surface area contributed by atoms with E-state index in [0.717, 1.165) is 24.8 Å². The van der Waals surface area contributed by atoms with E-state index in [1.165, 1.54) is 0 Å². The number of ketones is 1. The van der Waals surface area contributed by atoms with Crippen molar-refractivity contribution in [2.45, 2.75) is 89.4 Å². The first-order valence-corrected chi connectivity index (χ1v) is 12.5. The summed E-state index contributed by atoms with van der Waals surface area (Å²) >= 11 is 0. The minimum Gasteiger partial charge on any atom is -0.390 e. The second kappa shape index (κ2) is 8.68. The van der Waals surface area contributed by atoms with Crippen LogP contribution in [0.25, 0.3) is 0 Å². The Morgan fingerprint density at radius 1 is 1.12 bits per heavy atom. The zero-order chi connectivity index (χ0) is 24.3. The molecule has 7 heteroatoms. The summed E-state index contributed by atoms with van der Waals surface area (Å²) in [6, 6.07) is 0.211. The van der Waals surface area contributed by atoms with Gasteiger partial charge in [-0.15, -0.1) is 0 Å². The lowest BCUT2D eigenvalue weighted by Gasteiger charge is -2.60. The first-order valence-electron chi connectivity index (χ1n) is 12.5. The summed E-state index contributed by atoms with van der Waals surface area (Å²) in [6.07, 6.45) is 3.76. The number of hydrogen-bond acceptors (Lipinski definition) is 7. The van der Waals surface area contributed by atoms with Gasteiger partial charge in [-0.1, -0.05) is 13.8 Å². The number of hydrogen-bond donors (Lipinski definition) is 3. The standard InChI is InChI=1S/C26H43NO6/c1-15(27(4)14-23(32-5)33-6)16-8-10-26(31)18-11-20(28)19-12-21(29)22(30)13-24(19,2)17(18)7-9-25(16,26)3/h11,15-17,19,21-23,29-31H,7-10,12-14H2,1-6H3. The Balaban J connectivity index is 1.64. The number of carbonyl (C=O) groups is 1. The van der Waals surface area contributed by atoms with Gasteiger partial charge in [0.25, 0.3) is 0 Å². The van der Waals surface area contributed by atoms with Crippen LogP contribution in [0, 0.1) is 28.6 Å². The first kappa shape index (κ1) is 25.3. The minimum absolute atomic E-state index is 0.00372. The summed E-state index contributed by atoms with van der Waals surface area (Å²) in [5, 5.41) is 33.0. The molecule has 33 heavy (non-hydrogen) atoms. The van der Waals surface area contributed by atoms with Gasteiger partial charge >= 0.3 is 0 Å². The van der Waals surface area contributed by atoms with Crippen LogP contribution in [0.15, 0.2) is 11.6 Å². The third-order valence-corrected chi connectivity index (χ3v) is 10.4. The molecule has 0 aliphatic heterocycles. The molecule has 0 aromatic rings. The molecule has 0 aromatic heterocycles. The smallest absolute Gasteiger partial charge is 0.169 e. The maximum absolute atomic E-state index is 13.3. The van der Waals surface area contributed by atoms with Crippen molar-refractivity contribution in [2.24, 2.45) is 28.6 Å². The topological polar surface area (TPSA) is 99.5 Å². The van der Waals surface area contributed by atoms with E-state index in [9.17, 15) is 20.1 Å². The quantitative estimate of drug-likeness (QED) is 0.517. The zero-order valence-corrected chi connectivity index (χ0v) is 21.1. The zero-order valence-electron chi connectivity index (χ0n) is 21.1. The van der Waals surface area contributed by atoms with Crippen LogP contribution in [-0.2, 0) is 14.3 Å². The Morgan fingerprint density at radius 2 is 1.79 bits per heavy atom. The molecule has 0 radical (unpaired) electrons. The lowest BCUT2D eigenvalue weighted by molar-refractivity contribution is -0.155. The minimum atomic E-state index is -1.03. The maximum Gasteiger partial charge on any atom is 0.169 e. The molecule has 0 amide bonds. The molecule has 9 unspecified atom stereocenters. The molecule has 0 aromatic carbocycles. The largest absolute Gasteiger partial charge is 0.390 e. The van der Waals surface area contributed by atoms with Gasteiger partial charge in [0.2, 0.25) is 0 Å². The lowest BCUT2D eigenvalue weighted by atomic mass is 9.46. The van der Waals surface area contributed by atoms with Crippen molar-refractivity contribution in [2.75, 3.05) is 27.8 Å². The van der Waals surface area contributed by atoms with Crippen LogP contribution in [0.5, 0.6) is 0 Å². The van der Waals surface area contributed by atoms with E-state index in [1.807, 2.05) is 0 Å². The number of allylic oxidation sites excluding steroid dienone is 1. The SMILES string of the molecule is COC(CN(C)C(C)C1CCC2(O)C3=CC(=O)C4CC(O)C(O)CC4(C)C3CCC12C)OC. The average Bonchev–Trinajstić information content (AvgIpc) is 3.05. The van der Waals surface area contributed by atoms with E-state index in [4.69, 9.17) is 9.47 Å². The average molecular weight is 466 g/mol. The molecule has 7 nitrogen and oxygen atoms in total. The number of methoxy groups -OCH3 is 2. The van der Waals surface area contributed by atoms with Gasteiger partial charge < -0.3 is 24.8 Å². The van der Waals surface area contributed by atoms with Crippen molar-refractivity contribution in [1.29, 1.82) is 0 Å². The highest BCUT2D eigenvalue weighted by molar-refractivity contribution is 5.95. The second-order valence-corrected chi connectivity index (χ2v) is 11.7. The summed E-state index contributed by atoms with van der Waals surface area (Å²) in [7, 11) is 5.36. The van der Waals surface area contributed by atoms with E-state index >= 15 is 0 Å². The second-order valence-electron chi connectivity index (χ2n) is 11.7. The Labute approximate surface area is 198 Å². The van der Waals surface area contributed by atoms with Crippen molar-refractivity contribution in [1.82, 2.24) is 4.90 Å². The van der Waals surface area contributed by atoms with Crippen molar-refractivity contribution < 1.29 is 29.6 Å². The van der Waals surface area contributed by atoms with E-state index in [-0.39, 0.29) is 41.3 Å². The van der Waals surface area contributed by atoms with Crippen LogP contribution in [0.1, 0.15) is 59.3 Å². The molecule has 3 N–H and O–H groups in total. The molecule has 0 saturated heterocycles. The van der Waals surface area contributed by atoms with Crippen LogP contribution in [0.3, 0.4) is 0 Å². The predicted octanol–water partition coefficient (Wildman–Crippen LogP) is 2.13. The van der Waals surface area contributed by atoms with E-state index < -0.39 is 23.2 Å². The number of aliphatic hydroxyl groups excluding tert-OH is 2. The van der Waals surface area contributed by atoms with Crippen LogP contribution in [-0.4, -0.2) is 84.0 Å². The molecule has 0 bridgehead atoms. The van der Waals surface area contributed by atoms with E-state index in [1.54, 1.807) is 20.3 Å². The predicted molar refractivity (Wildman–Crippen MR) is 124 cm³/mol. The monoisotopic (exact) mass is 465 g/mol. The number of rotatable bonds is 6. The molecular weight excluding hydrogens is 422 g/mol. The maximum atomic E-state index is 13.3. The van der Waals surface area contributed by atoms with Gasteiger partial charge in [-0.3, -0.25) is 9.69 Å². The molecule has 4 rings (SSSR count). The van der Waals surface area contributed by atoms with Crippen LogP contribution >= 0.6 is 0 Å². The Bertz CT molecular complexity index is 798. The number of carbonyl (C=O) groups excluding carboxylic acids is 1. The fourth-order valence-electron chi connectivity index (χ4n) is 8.14. The third-order valence-electron chi connectivity index (χ3n) is 10.4. The van der Waals surface area contributed by atoms with E-state index in [0.29, 0.717) is 25.8 Å². The number of fused-ring (bicyclic) bond motifs is 5. The molecule has 3 fully saturated rings. The number of likely N-dealkylation sites (N-methyl/N-ethyl adjacent to an activating group) is 1. The highest BCUT2D eigenvalue weighted by atomic mass is 16.7. The van der Waals surface area contributed by atoms with Gasteiger partial charge in [0.1, 0.15) is 0 Å². The van der Waals surface area contributed by atoms with Crippen molar-refractivity contribution in [3.05, 3.63) is 11.6 Å². The summed E-state index contributed by atoms with van der Waals surface area (Å²) in [6.45, 7) is 7.15. The fraction of sp³-hybridized carbons (Fsp3) is 0.885. The van der Waals surface area contributed by atoms with Crippen molar-refractivity contribution in [3.63, 3.8) is 0 Å². The van der Waals surface area contributed by atoms with Gasteiger partial charge in [0.05, 0.1) is 17.8 Å². The summed E-state index contributed by atoms with van der Waals surface area (Å²) in [5.74, 6) is 0.0330. The highest BCUT2D eigenvalue weighted by Gasteiger charge is 2.67. The van der Waals surface area contributed by atoms with Crippen LogP contribution < -0.4 is 0 Å². The van der Waals surface area contributed by atoms with Gasteiger partial charge in [-0.05, 0) is 81.4 Å². The molecule has 3 saturated carbocycles. The van der Waals surface area contributed by atoms with Gasteiger partial charge in [-0.2, -0.15) is 0 Å². The van der Waals surface area contributed by atoms with Crippen molar-refractivity contribution >= 4 is 5.78 Å². The van der Waals surface area contributed by atoms with Gasteiger partial charge in [0, 0.05) is 38.1 Å². The van der Waals surface area contributed by atoms with Gasteiger partial charge in [-0.25, -0.2) is 0 Å². The first-order chi connectivity index (χ1) is 15.4. The third kappa shape index (κ3) is 3.66. The number of aliphatic hydroxyl groups is 3. The molecule has 0 spiro atoms. The Hall–Kier alpha value is -0.830. The summed E-state index contributed by atoms with van der Waals surface area (Å²) in [5.41, 5.74) is -0.911. The fourth-order valence-corrected chi connectivity index (χ4v) is 8.14. The molecule has 188 valence electrons. The number of nitrogens with zero attached hydrogens (tertiary/aromatic N) is 1. The molecular formula is C26H43NO6. The lowest BCUT2D eigenvalue weighted by Crippen LogP contribution is -2.61. The Morgan fingerprint density at radius 3 is 2.42 bits per heavy atom. The van der Waals surface area contributed by atoms with Gasteiger partial charge in [0.15, 0.2) is 12.1 Å². The molecule has 9 atom stereocenters. The van der Waals surface area contributed by atoms with Crippen LogP contribution in [0.2, 0.25) is 0 Å². The number of ether oxygens (including phenoxy) is 2. The Kier molecular flexibility index (Phi) is 6.65. The normalized spacial score (nSPS) is 46.1. The molecule has 4 aliphatic carbocycles. The highest BCUT2D eigenvalue weighted by Crippen LogP contribution is 2.67. The van der Waals surface area contributed by atoms with E-state index in [2.05, 4.69) is 32.7 Å². The summed E-state index contributed by atoms with van der Waals surface area (Å²) < 4.78 is 10.8. The molecule has 0 heterocycles. The molecule has 4 aliphatic rings. The van der Waals surface area contributed by atoms with Crippen molar-refractivity contribution in [3.8, 4) is 0 Å².